The summed E-state index contributed by atoms with van der Waals surface area (Å²) in [5.74, 6) is 0. The zero-order valence-electron chi connectivity index (χ0n) is 11.0. The maximum atomic E-state index is 12.2. The van der Waals surface area contributed by atoms with E-state index in [0.717, 1.165) is 12.8 Å². The van der Waals surface area contributed by atoms with Crippen molar-refractivity contribution in [3.8, 4) is 0 Å². The number of amides is 2. The maximum Gasteiger partial charge on any atom is 0.322 e. The predicted molar refractivity (Wildman–Crippen MR) is 72.1 cm³/mol. The van der Waals surface area contributed by atoms with E-state index in [4.69, 9.17) is 0 Å². The van der Waals surface area contributed by atoms with Gasteiger partial charge in [0.05, 0.1) is 4.92 Å². The summed E-state index contributed by atoms with van der Waals surface area (Å²) in [6.07, 6.45) is 1.98. The fraction of sp³-hybridized carbons (Fsp3) is 0.462. The highest BCUT2D eigenvalue weighted by Gasteiger charge is 2.31. The number of carbonyl (C=O) groups is 1. The van der Waals surface area contributed by atoms with E-state index in [2.05, 4.69) is 5.32 Å². The Labute approximate surface area is 111 Å². The minimum atomic E-state index is -0.475. The van der Waals surface area contributed by atoms with Gasteiger partial charge in [-0.1, -0.05) is 6.07 Å². The molecule has 0 aromatic heterocycles. The molecular weight excluding hydrogens is 246 g/mol. The van der Waals surface area contributed by atoms with E-state index < -0.39 is 4.92 Å². The molecule has 1 aliphatic rings. The van der Waals surface area contributed by atoms with Gasteiger partial charge in [0, 0.05) is 29.9 Å². The molecule has 0 unspecified atom stereocenters. The molecule has 0 aliphatic carbocycles. The van der Waals surface area contributed by atoms with Gasteiger partial charge in [0.1, 0.15) is 0 Å². The lowest BCUT2D eigenvalue weighted by molar-refractivity contribution is -0.384. The average Bonchev–Trinajstić information content (AvgIpc) is 2.69. The van der Waals surface area contributed by atoms with Crippen LogP contribution in [0.1, 0.15) is 26.7 Å². The molecule has 2 atom stereocenters. The van der Waals surface area contributed by atoms with Crippen LogP contribution in [0.4, 0.5) is 16.2 Å². The first-order valence-corrected chi connectivity index (χ1v) is 6.33. The van der Waals surface area contributed by atoms with Crippen molar-refractivity contribution in [1.82, 2.24) is 4.90 Å². The maximum absolute atomic E-state index is 12.2. The second-order valence-corrected chi connectivity index (χ2v) is 4.92. The number of non-ortho nitro benzene ring substituents is 1. The molecule has 1 saturated heterocycles. The molecule has 6 nitrogen and oxygen atoms in total. The minimum absolute atomic E-state index is 0.0275. The van der Waals surface area contributed by atoms with Crippen LogP contribution in [0.15, 0.2) is 24.3 Å². The van der Waals surface area contributed by atoms with Gasteiger partial charge < -0.3 is 10.2 Å². The molecular formula is C13H17N3O3. The predicted octanol–water partition coefficient (Wildman–Crippen LogP) is 3.00. The van der Waals surface area contributed by atoms with E-state index in [-0.39, 0.29) is 23.8 Å². The second kappa shape index (κ2) is 5.26. The molecule has 2 rings (SSSR count). The van der Waals surface area contributed by atoms with Gasteiger partial charge in [-0.05, 0) is 32.8 Å². The van der Waals surface area contributed by atoms with Gasteiger partial charge in [-0.3, -0.25) is 10.1 Å². The van der Waals surface area contributed by atoms with Crippen LogP contribution in [0.5, 0.6) is 0 Å². The zero-order chi connectivity index (χ0) is 14.0. The van der Waals surface area contributed by atoms with Gasteiger partial charge in [-0.15, -0.1) is 0 Å². The molecule has 2 amide bonds. The quantitative estimate of drug-likeness (QED) is 0.658. The number of nitro groups is 1. The summed E-state index contributed by atoms with van der Waals surface area (Å²) >= 11 is 0. The standard InChI is InChI=1S/C13H17N3O3/c1-9-6-7-10(2)15(9)13(17)14-11-4-3-5-12(8-11)16(18)19/h3-5,8-10H,6-7H2,1-2H3,(H,14,17)/t9-,10+. The van der Waals surface area contributed by atoms with Crippen LogP contribution in [-0.2, 0) is 0 Å². The van der Waals surface area contributed by atoms with Crippen LogP contribution in [0, 0.1) is 10.1 Å². The molecule has 0 spiro atoms. The number of nitrogens with one attached hydrogen (secondary N) is 1. The van der Waals surface area contributed by atoms with Crippen molar-refractivity contribution in [1.29, 1.82) is 0 Å². The van der Waals surface area contributed by atoms with Gasteiger partial charge in [0.25, 0.3) is 5.69 Å². The summed E-state index contributed by atoms with van der Waals surface area (Å²) in [6.45, 7) is 4.02. The lowest BCUT2D eigenvalue weighted by atomic mass is 10.2. The van der Waals surface area contributed by atoms with E-state index in [1.807, 2.05) is 13.8 Å². The molecule has 0 bridgehead atoms. The highest BCUT2D eigenvalue weighted by Crippen LogP contribution is 2.25. The van der Waals surface area contributed by atoms with Crippen molar-refractivity contribution in [2.75, 3.05) is 5.32 Å². The van der Waals surface area contributed by atoms with Crippen molar-refractivity contribution in [3.05, 3.63) is 34.4 Å². The van der Waals surface area contributed by atoms with E-state index >= 15 is 0 Å². The van der Waals surface area contributed by atoms with Crippen molar-refractivity contribution >= 4 is 17.4 Å². The summed E-state index contributed by atoms with van der Waals surface area (Å²) in [5, 5.41) is 13.4. The highest BCUT2D eigenvalue weighted by molar-refractivity contribution is 5.90. The lowest BCUT2D eigenvalue weighted by Gasteiger charge is -2.26. The molecule has 102 valence electrons. The fourth-order valence-electron chi connectivity index (χ4n) is 2.48. The van der Waals surface area contributed by atoms with Gasteiger partial charge in [-0.2, -0.15) is 0 Å². The number of hydrogen-bond donors (Lipinski definition) is 1. The van der Waals surface area contributed by atoms with Crippen molar-refractivity contribution in [2.24, 2.45) is 0 Å². The summed E-state index contributed by atoms with van der Waals surface area (Å²) in [4.78, 5) is 24.2. The molecule has 0 saturated carbocycles. The Morgan fingerprint density at radius 2 is 2.00 bits per heavy atom. The molecule has 1 fully saturated rings. The molecule has 1 heterocycles. The van der Waals surface area contributed by atoms with Crippen molar-refractivity contribution in [2.45, 2.75) is 38.8 Å². The third kappa shape index (κ3) is 2.83. The number of rotatable bonds is 2. The lowest BCUT2D eigenvalue weighted by Crippen LogP contribution is -2.41. The monoisotopic (exact) mass is 263 g/mol. The number of urea groups is 1. The molecule has 1 aliphatic heterocycles. The van der Waals surface area contributed by atoms with E-state index in [1.54, 1.807) is 17.0 Å². The minimum Gasteiger partial charge on any atom is -0.319 e. The van der Waals surface area contributed by atoms with Gasteiger partial charge >= 0.3 is 6.03 Å². The SMILES string of the molecule is C[C@@H]1CC[C@H](C)N1C(=O)Nc1cccc([N+](=O)[O-])c1. The number of nitro benzene ring substituents is 1. The Bertz CT molecular complexity index is 494. The van der Waals surface area contributed by atoms with Crippen LogP contribution < -0.4 is 5.32 Å². The first-order valence-electron chi connectivity index (χ1n) is 6.33. The first-order chi connectivity index (χ1) is 8.99. The third-order valence-corrected chi connectivity index (χ3v) is 3.49. The number of likely N-dealkylation sites (tertiary alicyclic amines) is 1. The van der Waals surface area contributed by atoms with Crippen LogP contribution >= 0.6 is 0 Å². The van der Waals surface area contributed by atoms with Crippen LogP contribution in [-0.4, -0.2) is 27.9 Å². The fourth-order valence-corrected chi connectivity index (χ4v) is 2.48. The number of nitrogens with zero attached hydrogens (tertiary/aromatic N) is 2. The summed E-state index contributed by atoms with van der Waals surface area (Å²) < 4.78 is 0. The van der Waals surface area contributed by atoms with Crippen LogP contribution in [0.25, 0.3) is 0 Å². The van der Waals surface area contributed by atoms with E-state index in [1.165, 1.54) is 12.1 Å². The summed E-state index contributed by atoms with van der Waals surface area (Å²) in [5.41, 5.74) is 0.422. The Hall–Kier alpha value is -2.11. The normalized spacial score (nSPS) is 22.3. The zero-order valence-corrected chi connectivity index (χ0v) is 11.0. The third-order valence-electron chi connectivity index (χ3n) is 3.49. The molecule has 1 aromatic rings. The number of hydrogen-bond acceptors (Lipinski definition) is 3. The van der Waals surface area contributed by atoms with E-state index in [0.29, 0.717) is 5.69 Å². The Balaban J connectivity index is 2.10. The van der Waals surface area contributed by atoms with Gasteiger partial charge in [0.2, 0.25) is 0 Å². The Morgan fingerprint density at radius 3 is 2.58 bits per heavy atom. The highest BCUT2D eigenvalue weighted by atomic mass is 16.6. The van der Waals surface area contributed by atoms with Crippen molar-refractivity contribution in [3.63, 3.8) is 0 Å². The average molecular weight is 263 g/mol. The smallest absolute Gasteiger partial charge is 0.319 e. The second-order valence-electron chi connectivity index (χ2n) is 4.92. The number of carbonyl (C=O) groups excluding carboxylic acids is 1. The Kier molecular flexibility index (Phi) is 3.69. The number of anilines is 1. The molecule has 19 heavy (non-hydrogen) atoms. The molecule has 1 aromatic carbocycles. The number of benzene rings is 1. The van der Waals surface area contributed by atoms with Crippen LogP contribution in [0.2, 0.25) is 0 Å². The Morgan fingerprint density at radius 1 is 1.37 bits per heavy atom. The van der Waals surface area contributed by atoms with E-state index in [9.17, 15) is 14.9 Å². The van der Waals surface area contributed by atoms with Crippen molar-refractivity contribution < 1.29 is 9.72 Å². The summed E-state index contributed by atoms with van der Waals surface area (Å²) in [7, 11) is 0. The van der Waals surface area contributed by atoms with Gasteiger partial charge in [0.15, 0.2) is 0 Å². The van der Waals surface area contributed by atoms with Gasteiger partial charge in [-0.25, -0.2) is 4.79 Å². The first kappa shape index (κ1) is 13.3. The summed E-state index contributed by atoms with van der Waals surface area (Å²) in [6, 6.07) is 6.18. The molecule has 0 radical (unpaired) electrons. The largest absolute Gasteiger partial charge is 0.322 e. The topological polar surface area (TPSA) is 75.5 Å². The molecule has 6 heteroatoms. The van der Waals surface area contributed by atoms with Crippen LogP contribution in [0.3, 0.4) is 0 Å². The molecule has 1 N–H and O–H groups in total.